The number of anilines is 1. The van der Waals surface area contributed by atoms with Crippen molar-refractivity contribution in [3.63, 3.8) is 0 Å². The molecule has 22 heavy (non-hydrogen) atoms. The molecule has 0 bridgehead atoms. The second-order valence-electron chi connectivity index (χ2n) is 6.20. The van der Waals surface area contributed by atoms with Gasteiger partial charge in [-0.2, -0.15) is 0 Å². The molecule has 1 aliphatic rings. The number of nitrogens with one attached hydrogen (secondary N) is 2. The first-order valence-electron chi connectivity index (χ1n) is 8.27. The maximum atomic E-state index is 11.9. The highest BCUT2D eigenvalue weighted by Gasteiger charge is 2.14. The Kier molecular flexibility index (Phi) is 6.44. The molecular formula is C18H26N2O2. The number of amides is 2. The van der Waals surface area contributed by atoms with Crippen molar-refractivity contribution in [1.29, 1.82) is 0 Å². The second-order valence-corrected chi connectivity index (χ2v) is 6.20. The van der Waals surface area contributed by atoms with Gasteiger partial charge in [-0.05, 0) is 30.0 Å². The Hall–Kier alpha value is -1.84. The topological polar surface area (TPSA) is 58.2 Å². The van der Waals surface area contributed by atoms with Gasteiger partial charge in [-0.15, -0.1) is 0 Å². The molecule has 0 unspecified atom stereocenters. The lowest BCUT2D eigenvalue weighted by molar-refractivity contribution is -0.121. The lowest BCUT2D eigenvalue weighted by atomic mass is 9.86. The first kappa shape index (κ1) is 16.5. The predicted octanol–water partition coefficient (Wildman–Crippen LogP) is 3.62. The van der Waals surface area contributed by atoms with Gasteiger partial charge in [0, 0.05) is 25.6 Å². The summed E-state index contributed by atoms with van der Waals surface area (Å²) in [7, 11) is 0. The van der Waals surface area contributed by atoms with Crippen molar-refractivity contribution in [2.45, 2.75) is 58.4 Å². The summed E-state index contributed by atoms with van der Waals surface area (Å²) in [5, 5.41) is 5.70. The zero-order chi connectivity index (χ0) is 15.8. The molecule has 1 fully saturated rings. The van der Waals surface area contributed by atoms with Crippen LogP contribution < -0.4 is 10.6 Å². The van der Waals surface area contributed by atoms with E-state index < -0.39 is 0 Å². The molecule has 4 heteroatoms. The molecule has 1 aromatic rings. The van der Waals surface area contributed by atoms with E-state index in [-0.39, 0.29) is 11.8 Å². The summed E-state index contributed by atoms with van der Waals surface area (Å²) in [5.41, 5.74) is 1.82. The molecule has 4 nitrogen and oxygen atoms in total. The van der Waals surface area contributed by atoms with Gasteiger partial charge in [-0.3, -0.25) is 9.59 Å². The van der Waals surface area contributed by atoms with E-state index in [9.17, 15) is 9.59 Å². The summed E-state index contributed by atoms with van der Waals surface area (Å²) in [5.74, 6) is 0.803. The molecule has 0 spiro atoms. The molecular weight excluding hydrogens is 276 g/mol. The number of hydrogen-bond donors (Lipinski definition) is 2. The first-order valence-corrected chi connectivity index (χ1v) is 8.27. The smallest absolute Gasteiger partial charge is 0.221 e. The fourth-order valence-electron chi connectivity index (χ4n) is 3.01. The van der Waals surface area contributed by atoms with Crippen LogP contribution in [0.15, 0.2) is 24.3 Å². The SMILES string of the molecule is CC(=O)Nc1ccc(CNC(=O)CCC2CCCCC2)cc1. The average Bonchev–Trinajstić information content (AvgIpc) is 2.53. The molecule has 1 aliphatic carbocycles. The second kappa shape index (κ2) is 8.57. The largest absolute Gasteiger partial charge is 0.352 e. The van der Waals surface area contributed by atoms with Crippen molar-refractivity contribution < 1.29 is 9.59 Å². The molecule has 0 saturated heterocycles. The number of carbonyl (C=O) groups excluding carboxylic acids is 2. The minimum Gasteiger partial charge on any atom is -0.352 e. The number of rotatable bonds is 6. The van der Waals surface area contributed by atoms with Crippen LogP contribution in [0, 0.1) is 5.92 Å². The molecule has 0 heterocycles. The van der Waals surface area contributed by atoms with Gasteiger partial charge in [-0.1, -0.05) is 44.2 Å². The van der Waals surface area contributed by atoms with Crippen LogP contribution >= 0.6 is 0 Å². The van der Waals surface area contributed by atoms with E-state index >= 15 is 0 Å². The molecule has 2 N–H and O–H groups in total. The van der Waals surface area contributed by atoms with Crippen molar-refractivity contribution in [2.75, 3.05) is 5.32 Å². The van der Waals surface area contributed by atoms with Crippen molar-refractivity contribution >= 4 is 17.5 Å². The maximum Gasteiger partial charge on any atom is 0.221 e. The van der Waals surface area contributed by atoms with Crippen LogP contribution in [0.1, 0.15) is 57.4 Å². The van der Waals surface area contributed by atoms with Crippen LogP contribution in [-0.2, 0) is 16.1 Å². The van der Waals surface area contributed by atoms with E-state index in [1.807, 2.05) is 24.3 Å². The van der Waals surface area contributed by atoms with Gasteiger partial charge in [0.25, 0.3) is 0 Å². The highest BCUT2D eigenvalue weighted by atomic mass is 16.2. The van der Waals surface area contributed by atoms with Gasteiger partial charge in [0.15, 0.2) is 0 Å². The normalized spacial score (nSPS) is 15.3. The maximum absolute atomic E-state index is 11.9. The Morgan fingerprint density at radius 3 is 2.41 bits per heavy atom. The van der Waals surface area contributed by atoms with E-state index in [0.29, 0.717) is 13.0 Å². The summed E-state index contributed by atoms with van der Waals surface area (Å²) in [6, 6.07) is 7.55. The third kappa shape index (κ3) is 5.88. The lowest BCUT2D eigenvalue weighted by Crippen LogP contribution is -2.23. The Labute approximate surface area is 132 Å². The van der Waals surface area contributed by atoms with E-state index in [1.54, 1.807) is 0 Å². The molecule has 1 saturated carbocycles. The lowest BCUT2D eigenvalue weighted by Gasteiger charge is -2.21. The molecule has 0 aliphatic heterocycles. The summed E-state index contributed by atoms with van der Waals surface area (Å²) in [6.07, 6.45) is 8.24. The quantitative estimate of drug-likeness (QED) is 0.843. The fourth-order valence-corrected chi connectivity index (χ4v) is 3.01. The van der Waals surface area contributed by atoms with E-state index in [2.05, 4.69) is 10.6 Å². The molecule has 1 aromatic carbocycles. The molecule has 2 rings (SSSR count). The standard InChI is InChI=1S/C18H26N2O2/c1-14(21)20-17-10-7-16(8-11-17)13-19-18(22)12-9-15-5-3-2-4-6-15/h7-8,10-11,15H,2-6,9,12-13H2,1H3,(H,19,22)(H,20,21). The predicted molar refractivity (Wildman–Crippen MR) is 88.4 cm³/mol. The van der Waals surface area contributed by atoms with Crippen molar-refractivity contribution in [3.8, 4) is 0 Å². The minimum absolute atomic E-state index is 0.0798. The molecule has 2 amide bonds. The Morgan fingerprint density at radius 2 is 1.77 bits per heavy atom. The minimum atomic E-state index is -0.0798. The number of hydrogen-bond acceptors (Lipinski definition) is 2. The van der Waals surface area contributed by atoms with E-state index in [0.717, 1.165) is 23.6 Å². The summed E-state index contributed by atoms with van der Waals surface area (Å²) < 4.78 is 0. The summed E-state index contributed by atoms with van der Waals surface area (Å²) >= 11 is 0. The Morgan fingerprint density at radius 1 is 1.09 bits per heavy atom. The third-order valence-electron chi connectivity index (χ3n) is 4.27. The van der Waals surface area contributed by atoms with Gasteiger partial charge in [0.05, 0.1) is 0 Å². The van der Waals surface area contributed by atoms with Gasteiger partial charge >= 0.3 is 0 Å². The highest BCUT2D eigenvalue weighted by molar-refractivity contribution is 5.88. The zero-order valence-corrected chi connectivity index (χ0v) is 13.4. The zero-order valence-electron chi connectivity index (χ0n) is 13.4. The monoisotopic (exact) mass is 302 g/mol. The van der Waals surface area contributed by atoms with Gasteiger partial charge in [-0.25, -0.2) is 0 Å². The van der Waals surface area contributed by atoms with Crippen LogP contribution in [0.4, 0.5) is 5.69 Å². The van der Waals surface area contributed by atoms with Crippen LogP contribution in [-0.4, -0.2) is 11.8 Å². The van der Waals surface area contributed by atoms with Crippen LogP contribution in [0.2, 0.25) is 0 Å². The Bertz CT molecular complexity index is 490. The molecule has 120 valence electrons. The fraction of sp³-hybridized carbons (Fsp3) is 0.556. The average molecular weight is 302 g/mol. The number of carbonyl (C=O) groups is 2. The number of benzene rings is 1. The van der Waals surface area contributed by atoms with Crippen LogP contribution in [0.3, 0.4) is 0 Å². The van der Waals surface area contributed by atoms with Crippen LogP contribution in [0.25, 0.3) is 0 Å². The molecule has 0 aromatic heterocycles. The third-order valence-corrected chi connectivity index (χ3v) is 4.27. The Balaban J connectivity index is 1.68. The van der Waals surface area contributed by atoms with E-state index in [4.69, 9.17) is 0 Å². The van der Waals surface area contributed by atoms with E-state index in [1.165, 1.54) is 39.0 Å². The summed E-state index contributed by atoms with van der Waals surface area (Å²) in [6.45, 7) is 2.03. The molecule has 0 radical (unpaired) electrons. The first-order chi connectivity index (χ1) is 10.6. The summed E-state index contributed by atoms with van der Waals surface area (Å²) in [4.78, 5) is 22.9. The van der Waals surface area contributed by atoms with Crippen molar-refractivity contribution in [2.24, 2.45) is 5.92 Å². The van der Waals surface area contributed by atoms with Crippen molar-refractivity contribution in [3.05, 3.63) is 29.8 Å². The van der Waals surface area contributed by atoms with Gasteiger partial charge in [0.1, 0.15) is 0 Å². The van der Waals surface area contributed by atoms with Crippen molar-refractivity contribution in [1.82, 2.24) is 5.32 Å². The van der Waals surface area contributed by atoms with Gasteiger partial charge in [0.2, 0.25) is 11.8 Å². The van der Waals surface area contributed by atoms with Gasteiger partial charge < -0.3 is 10.6 Å². The highest BCUT2D eigenvalue weighted by Crippen LogP contribution is 2.27. The van der Waals surface area contributed by atoms with Crippen LogP contribution in [0.5, 0.6) is 0 Å². The molecule has 0 atom stereocenters.